The van der Waals surface area contributed by atoms with E-state index in [9.17, 15) is 18.3 Å². The molecule has 0 spiro atoms. The minimum absolute atomic E-state index is 0.0686. The second-order valence-corrected chi connectivity index (χ2v) is 8.23. The van der Waals surface area contributed by atoms with E-state index < -0.39 is 10.0 Å². The van der Waals surface area contributed by atoms with Crippen molar-refractivity contribution >= 4 is 37.8 Å². The summed E-state index contributed by atoms with van der Waals surface area (Å²) in [7, 11) is -0.714. The molecule has 0 saturated carbocycles. The van der Waals surface area contributed by atoms with E-state index in [4.69, 9.17) is 0 Å². The molecule has 2 aromatic carbocycles. The quantitative estimate of drug-likeness (QED) is 0.607. The zero-order chi connectivity index (χ0) is 17.9. The number of hydrogen-bond donors (Lipinski definition) is 1. The lowest BCUT2D eigenvalue weighted by Gasteiger charge is -2.11. The lowest BCUT2D eigenvalue weighted by atomic mass is 10.1. The van der Waals surface area contributed by atoms with E-state index in [2.05, 4.69) is 15.9 Å². The smallest absolute Gasteiger partial charge is 0.242 e. The van der Waals surface area contributed by atoms with E-state index in [-0.39, 0.29) is 22.0 Å². The maximum Gasteiger partial charge on any atom is 0.242 e. The number of rotatable bonds is 5. The average molecular weight is 410 g/mol. The van der Waals surface area contributed by atoms with Crippen molar-refractivity contribution in [1.82, 2.24) is 4.31 Å². The molecule has 24 heavy (non-hydrogen) atoms. The number of hydrogen-bond acceptors (Lipinski definition) is 4. The van der Waals surface area contributed by atoms with Crippen molar-refractivity contribution in [3.63, 3.8) is 0 Å². The Labute approximate surface area is 149 Å². The summed E-state index contributed by atoms with van der Waals surface area (Å²) in [6.07, 6.45) is 2.96. The van der Waals surface area contributed by atoms with Gasteiger partial charge in [-0.2, -0.15) is 0 Å². The molecule has 0 saturated heterocycles. The maximum absolute atomic E-state index is 12.3. The summed E-state index contributed by atoms with van der Waals surface area (Å²) in [5, 5.41) is 9.45. The van der Waals surface area contributed by atoms with Crippen molar-refractivity contribution in [2.75, 3.05) is 14.1 Å². The lowest BCUT2D eigenvalue weighted by molar-refractivity contribution is 0.104. The molecule has 0 aromatic heterocycles. The van der Waals surface area contributed by atoms with Gasteiger partial charge in [-0.25, -0.2) is 12.7 Å². The van der Waals surface area contributed by atoms with Gasteiger partial charge in [-0.15, -0.1) is 0 Å². The molecule has 2 aromatic rings. The van der Waals surface area contributed by atoms with Gasteiger partial charge in [0.2, 0.25) is 10.0 Å². The zero-order valence-corrected chi connectivity index (χ0v) is 15.5. The van der Waals surface area contributed by atoms with Gasteiger partial charge in [0.05, 0.1) is 9.37 Å². The van der Waals surface area contributed by atoms with Gasteiger partial charge in [-0.3, -0.25) is 4.79 Å². The summed E-state index contributed by atoms with van der Waals surface area (Å²) >= 11 is 3.20. The molecular weight excluding hydrogens is 394 g/mol. The Bertz CT molecular complexity index is 905. The molecule has 0 unspecified atom stereocenters. The van der Waals surface area contributed by atoms with Gasteiger partial charge in [-0.1, -0.05) is 24.3 Å². The minimum atomic E-state index is -3.59. The van der Waals surface area contributed by atoms with Crippen LogP contribution in [-0.4, -0.2) is 37.7 Å². The van der Waals surface area contributed by atoms with Crippen LogP contribution in [0.25, 0.3) is 6.08 Å². The van der Waals surface area contributed by atoms with Gasteiger partial charge in [0.1, 0.15) is 5.75 Å². The summed E-state index contributed by atoms with van der Waals surface area (Å²) in [6.45, 7) is 0. The molecular formula is C17H16BrNO4S. The molecule has 126 valence electrons. The highest BCUT2D eigenvalue weighted by molar-refractivity contribution is 9.10. The van der Waals surface area contributed by atoms with Gasteiger partial charge < -0.3 is 5.11 Å². The van der Waals surface area contributed by atoms with Crippen LogP contribution < -0.4 is 0 Å². The van der Waals surface area contributed by atoms with Crippen LogP contribution in [0.3, 0.4) is 0 Å². The van der Waals surface area contributed by atoms with Gasteiger partial charge in [-0.05, 0) is 51.8 Å². The van der Waals surface area contributed by atoms with E-state index in [1.54, 1.807) is 24.3 Å². The van der Waals surface area contributed by atoms with Crippen molar-refractivity contribution < 1.29 is 18.3 Å². The monoisotopic (exact) mass is 409 g/mol. The third-order valence-electron chi connectivity index (χ3n) is 3.30. The standard InChI is InChI=1S/C17H16BrNO4S/c1-19(2)24(22,23)14-5-3-4-13(11-14)16(20)8-6-12-7-9-17(21)15(18)10-12/h3-11,21H,1-2H3/b8-6+. The fourth-order valence-electron chi connectivity index (χ4n) is 1.92. The highest BCUT2D eigenvalue weighted by Gasteiger charge is 2.18. The first kappa shape index (κ1) is 18.4. The van der Waals surface area contributed by atoms with E-state index in [0.717, 1.165) is 9.87 Å². The van der Waals surface area contributed by atoms with E-state index >= 15 is 0 Å². The Hall–Kier alpha value is -1.96. The number of sulfonamides is 1. The molecule has 0 aliphatic rings. The number of nitrogens with zero attached hydrogens (tertiary/aromatic N) is 1. The molecule has 1 N–H and O–H groups in total. The van der Waals surface area contributed by atoms with Gasteiger partial charge >= 0.3 is 0 Å². The van der Waals surface area contributed by atoms with Crippen LogP contribution in [0, 0.1) is 0 Å². The van der Waals surface area contributed by atoms with Crippen LogP contribution >= 0.6 is 15.9 Å². The summed E-state index contributed by atoms with van der Waals surface area (Å²) in [4.78, 5) is 12.3. The third-order valence-corrected chi connectivity index (χ3v) is 5.74. The van der Waals surface area contributed by atoms with Crippen LogP contribution in [0.1, 0.15) is 15.9 Å². The van der Waals surface area contributed by atoms with Crippen LogP contribution in [-0.2, 0) is 10.0 Å². The van der Waals surface area contributed by atoms with Crippen LogP contribution in [0.5, 0.6) is 5.75 Å². The van der Waals surface area contributed by atoms with E-state index in [1.807, 2.05) is 0 Å². The van der Waals surface area contributed by atoms with Gasteiger partial charge in [0, 0.05) is 19.7 Å². The second kappa shape index (κ2) is 7.29. The fraction of sp³-hybridized carbons (Fsp3) is 0.118. The van der Waals surface area contributed by atoms with Crippen molar-refractivity contribution in [1.29, 1.82) is 0 Å². The highest BCUT2D eigenvalue weighted by atomic mass is 79.9. The highest BCUT2D eigenvalue weighted by Crippen LogP contribution is 2.25. The third kappa shape index (κ3) is 4.11. The summed E-state index contributed by atoms with van der Waals surface area (Å²) in [5.74, 6) is -0.199. The van der Waals surface area contributed by atoms with Gasteiger partial charge in [0.25, 0.3) is 0 Å². The number of phenols is 1. The number of carbonyl (C=O) groups is 1. The minimum Gasteiger partial charge on any atom is -0.507 e. The first-order valence-electron chi connectivity index (χ1n) is 6.95. The lowest BCUT2D eigenvalue weighted by Crippen LogP contribution is -2.22. The first-order valence-corrected chi connectivity index (χ1v) is 9.18. The molecule has 5 nitrogen and oxygen atoms in total. The molecule has 0 aliphatic carbocycles. The zero-order valence-electron chi connectivity index (χ0n) is 13.1. The molecule has 0 fully saturated rings. The van der Waals surface area contributed by atoms with Crippen molar-refractivity contribution in [2.24, 2.45) is 0 Å². The normalized spacial score (nSPS) is 12.0. The van der Waals surface area contributed by atoms with Crippen LogP contribution in [0.4, 0.5) is 0 Å². The largest absolute Gasteiger partial charge is 0.507 e. The second-order valence-electron chi connectivity index (χ2n) is 5.22. The molecule has 7 heteroatoms. The Morgan fingerprint density at radius 1 is 1.17 bits per heavy atom. The van der Waals surface area contributed by atoms with E-state index in [0.29, 0.717) is 4.47 Å². The first-order chi connectivity index (χ1) is 11.2. The molecule has 0 amide bonds. The number of ketones is 1. The summed E-state index contributed by atoms with van der Waals surface area (Å²) < 4.78 is 25.9. The summed E-state index contributed by atoms with van der Waals surface area (Å²) in [5.41, 5.74) is 1.01. The number of aromatic hydroxyl groups is 1. The summed E-state index contributed by atoms with van der Waals surface area (Å²) in [6, 6.07) is 10.8. The van der Waals surface area contributed by atoms with Gasteiger partial charge in [0.15, 0.2) is 5.78 Å². The van der Waals surface area contributed by atoms with Crippen LogP contribution in [0.2, 0.25) is 0 Å². The van der Waals surface area contributed by atoms with Crippen molar-refractivity contribution in [3.05, 3.63) is 64.1 Å². The van der Waals surface area contributed by atoms with E-state index in [1.165, 1.54) is 44.4 Å². The molecule has 0 radical (unpaired) electrons. The van der Waals surface area contributed by atoms with Crippen LogP contribution in [0.15, 0.2) is 57.9 Å². The number of benzene rings is 2. The molecule has 0 aliphatic heterocycles. The Morgan fingerprint density at radius 3 is 2.50 bits per heavy atom. The Kier molecular flexibility index (Phi) is 5.58. The number of phenolic OH excluding ortho intramolecular Hbond substituents is 1. The Balaban J connectivity index is 2.27. The maximum atomic E-state index is 12.3. The molecule has 2 rings (SSSR count). The predicted octanol–water partition coefficient (Wildman–Crippen LogP) is 3.30. The van der Waals surface area contributed by atoms with Crippen molar-refractivity contribution in [2.45, 2.75) is 4.90 Å². The topological polar surface area (TPSA) is 74.7 Å². The SMILES string of the molecule is CN(C)S(=O)(=O)c1cccc(C(=O)/C=C/c2ccc(O)c(Br)c2)c1. The van der Waals surface area contributed by atoms with Crippen molar-refractivity contribution in [3.8, 4) is 5.75 Å². The molecule has 0 bridgehead atoms. The molecule has 0 atom stereocenters. The fourth-order valence-corrected chi connectivity index (χ4v) is 3.26. The number of allylic oxidation sites excluding steroid dienone is 1. The number of carbonyl (C=O) groups excluding carboxylic acids is 1. The number of halogens is 1. The average Bonchev–Trinajstić information content (AvgIpc) is 2.55. The molecule has 0 heterocycles. The Morgan fingerprint density at radius 2 is 1.88 bits per heavy atom. The predicted molar refractivity (Wildman–Crippen MR) is 96.5 cm³/mol.